The first-order chi connectivity index (χ1) is 15.2. The van der Waals surface area contributed by atoms with Crippen LogP contribution in [0.4, 0.5) is 8.78 Å². The number of nitrogen functional groups attached to an aromatic ring is 1. The van der Waals surface area contributed by atoms with Crippen molar-refractivity contribution in [1.29, 1.82) is 5.41 Å². The van der Waals surface area contributed by atoms with Crippen LogP contribution in [0.1, 0.15) is 24.5 Å². The number of aryl methyl sites for hydroxylation is 1. The number of carboxylic acids is 1. The number of benzene rings is 2. The fourth-order valence-electron chi connectivity index (χ4n) is 2.98. The number of carboxylic acid groups (broad SMARTS) is 1. The molecule has 0 saturated heterocycles. The minimum atomic E-state index is -1.34. The van der Waals surface area contributed by atoms with Crippen LogP contribution in [0.2, 0.25) is 0 Å². The normalized spacial score (nSPS) is 11.6. The van der Waals surface area contributed by atoms with Gasteiger partial charge in [-0.2, -0.15) is 4.98 Å². The van der Waals surface area contributed by atoms with Gasteiger partial charge in [-0.25, -0.2) is 13.6 Å². The van der Waals surface area contributed by atoms with Crippen molar-refractivity contribution in [3.8, 4) is 28.6 Å². The molecule has 1 aromatic heterocycles. The largest absolute Gasteiger partial charge is 0.479 e. The molecule has 0 radical (unpaired) electrons. The molecule has 32 heavy (non-hydrogen) atoms. The van der Waals surface area contributed by atoms with Crippen molar-refractivity contribution in [3.05, 3.63) is 71.3 Å². The predicted octanol–water partition coefficient (Wildman–Crippen LogP) is 4.65. The highest BCUT2D eigenvalue weighted by atomic mass is 19.1. The lowest BCUT2D eigenvalue weighted by molar-refractivity contribution is -0.145. The Balaban J connectivity index is 1.95. The van der Waals surface area contributed by atoms with Crippen LogP contribution in [-0.2, 0) is 4.79 Å². The first kappa shape index (κ1) is 22.7. The summed E-state index contributed by atoms with van der Waals surface area (Å²) >= 11 is 0. The zero-order chi connectivity index (χ0) is 23.4. The Hall–Kier alpha value is -4.01. The highest BCUT2D eigenvalue weighted by molar-refractivity contribution is 5.96. The number of nitrogens with zero attached hydrogens (tertiary/aromatic N) is 1. The van der Waals surface area contributed by atoms with E-state index in [1.165, 1.54) is 0 Å². The summed E-state index contributed by atoms with van der Waals surface area (Å²) in [7, 11) is 0. The molecule has 0 aliphatic heterocycles. The minimum Gasteiger partial charge on any atom is -0.479 e. The molecule has 7 nitrogen and oxygen atoms in total. The number of ether oxygens (including phenoxy) is 2. The van der Waals surface area contributed by atoms with E-state index in [0.29, 0.717) is 11.6 Å². The third kappa shape index (κ3) is 5.18. The van der Waals surface area contributed by atoms with Crippen molar-refractivity contribution in [2.24, 2.45) is 5.73 Å². The molecule has 0 bridgehead atoms. The second kappa shape index (κ2) is 9.42. The van der Waals surface area contributed by atoms with E-state index in [0.717, 1.165) is 16.7 Å². The average molecular weight is 441 g/mol. The zero-order valence-corrected chi connectivity index (χ0v) is 17.4. The fourth-order valence-corrected chi connectivity index (χ4v) is 2.98. The Kier molecular flexibility index (Phi) is 6.67. The molecule has 0 fully saturated rings. The fraction of sp³-hybridized carbons (Fsp3) is 0.174. The van der Waals surface area contributed by atoms with Gasteiger partial charge < -0.3 is 20.3 Å². The van der Waals surface area contributed by atoms with Gasteiger partial charge in [0, 0.05) is 11.6 Å². The second-order valence-electron chi connectivity index (χ2n) is 7.05. The van der Waals surface area contributed by atoms with Gasteiger partial charge >= 0.3 is 5.97 Å². The molecule has 0 aliphatic rings. The van der Waals surface area contributed by atoms with E-state index in [1.807, 2.05) is 19.1 Å². The third-order valence-electron chi connectivity index (χ3n) is 4.54. The van der Waals surface area contributed by atoms with E-state index in [1.54, 1.807) is 37.3 Å². The van der Waals surface area contributed by atoms with Crippen molar-refractivity contribution >= 4 is 11.8 Å². The molecule has 1 atom stereocenters. The van der Waals surface area contributed by atoms with Crippen LogP contribution in [0.5, 0.6) is 17.5 Å². The highest BCUT2D eigenvalue weighted by Gasteiger charge is 2.22. The topological polar surface area (TPSA) is 119 Å². The number of nitrogens with one attached hydrogen (secondary N) is 1. The summed E-state index contributed by atoms with van der Waals surface area (Å²) < 4.78 is 39.0. The first-order valence-corrected chi connectivity index (χ1v) is 9.67. The maximum atomic E-state index is 14.3. The van der Waals surface area contributed by atoms with E-state index in [2.05, 4.69) is 4.98 Å². The van der Waals surface area contributed by atoms with E-state index >= 15 is 0 Å². The molecule has 2 aromatic carbocycles. The van der Waals surface area contributed by atoms with Crippen molar-refractivity contribution in [3.63, 3.8) is 0 Å². The summed E-state index contributed by atoms with van der Waals surface area (Å²) in [6.07, 6.45) is -1.28. The van der Waals surface area contributed by atoms with E-state index in [9.17, 15) is 13.6 Å². The van der Waals surface area contributed by atoms with Crippen LogP contribution < -0.4 is 15.2 Å². The van der Waals surface area contributed by atoms with Crippen LogP contribution in [-0.4, -0.2) is 28.0 Å². The second-order valence-corrected chi connectivity index (χ2v) is 7.05. The standard InChI is InChI=1S/C23H21F2N3O4/c1-3-19(23(29)30)32-22-18(25)11-17(24)21(28-22)31-16-8-12(2)7-15(10-16)13-5-4-6-14(9-13)20(26)27/h4-11,19H,3H2,1-2H3,(H3,26,27)(H,29,30). The number of aliphatic carboxylic acids is 1. The smallest absolute Gasteiger partial charge is 0.344 e. The number of amidine groups is 1. The predicted molar refractivity (Wildman–Crippen MR) is 114 cm³/mol. The monoisotopic (exact) mass is 441 g/mol. The number of aromatic nitrogens is 1. The Morgan fingerprint density at radius 2 is 1.84 bits per heavy atom. The summed E-state index contributed by atoms with van der Waals surface area (Å²) in [6, 6.07) is 12.7. The number of hydrogen-bond acceptors (Lipinski definition) is 5. The van der Waals surface area contributed by atoms with Crippen molar-refractivity contribution < 1.29 is 28.2 Å². The lowest BCUT2D eigenvalue weighted by Gasteiger charge is -2.15. The lowest BCUT2D eigenvalue weighted by Crippen LogP contribution is -2.26. The van der Waals surface area contributed by atoms with Gasteiger partial charge in [-0.1, -0.05) is 31.2 Å². The molecule has 1 unspecified atom stereocenters. The van der Waals surface area contributed by atoms with E-state index in [-0.39, 0.29) is 18.0 Å². The molecule has 166 valence electrons. The molecule has 0 amide bonds. The molecule has 0 saturated carbocycles. The number of nitrogens with two attached hydrogens (primary N) is 1. The highest BCUT2D eigenvalue weighted by Crippen LogP contribution is 2.32. The average Bonchev–Trinajstić information content (AvgIpc) is 2.74. The Bertz CT molecular complexity index is 1180. The van der Waals surface area contributed by atoms with Crippen LogP contribution >= 0.6 is 0 Å². The molecular weight excluding hydrogens is 420 g/mol. The van der Waals surface area contributed by atoms with Gasteiger partial charge in [0.15, 0.2) is 17.7 Å². The molecule has 4 N–H and O–H groups in total. The number of rotatable bonds is 8. The van der Waals surface area contributed by atoms with E-state index in [4.69, 9.17) is 25.7 Å². The summed E-state index contributed by atoms with van der Waals surface area (Å²) in [4.78, 5) is 14.9. The van der Waals surface area contributed by atoms with Crippen molar-refractivity contribution in [1.82, 2.24) is 4.98 Å². The lowest BCUT2D eigenvalue weighted by atomic mass is 10.0. The number of pyridine rings is 1. The Morgan fingerprint density at radius 1 is 1.12 bits per heavy atom. The third-order valence-corrected chi connectivity index (χ3v) is 4.54. The quantitative estimate of drug-likeness (QED) is 0.346. The van der Waals surface area contributed by atoms with Gasteiger partial charge in [0.1, 0.15) is 11.6 Å². The molecule has 0 aliphatic carbocycles. The van der Waals surface area contributed by atoms with Gasteiger partial charge in [0.2, 0.25) is 0 Å². The summed E-state index contributed by atoms with van der Waals surface area (Å²) in [5, 5.41) is 16.7. The van der Waals surface area contributed by atoms with Crippen LogP contribution in [0.25, 0.3) is 11.1 Å². The van der Waals surface area contributed by atoms with Gasteiger partial charge in [0.05, 0.1) is 0 Å². The molecular formula is C23H21F2N3O4. The first-order valence-electron chi connectivity index (χ1n) is 9.67. The summed E-state index contributed by atoms with van der Waals surface area (Å²) in [6.45, 7) is 3.36. The molecule has 3 aromatic rings. The SMILES string of the molecule is CCC(Oc1nc(Oc2cc(C)cc(-c3cccc(C(=N)N)c3)c2)c(F)cc1F)C(=O)O. The van der Waals surface area contributed by atoms with Gasteiger partial charge in [-0.15, -0.1) is 0 Å². The number of halogens is 2. The maximum absolute atomic E-state index is 14.3. The summed E-state index contributed by atoms with van der Waals surface area (Å²) in [5.74, 6) is -4.58. The number of carbonyl (C=O) groups is 1. The van der Waals surface area contributed by atoms with E-state index < -0.39 is 35.5 Å². The Labute approximate surface area is 182 Å². The molecule has 0 spiro atoms. The van der Waals surface area contributed by atoms with Crippen molar-refractivity contribution in [2.45, 2.75) is 26.4 Å². The zero-order valence-electron chi connectivity index (χ0n) is 17.4. The van der Waals surface area contributed by atoms with Crippen molar-refractivity contribution in [2.75, 3.05) is 0 Å². The molecule has 3 rings (SSSR count). The van der Waals surface area contributed by atoms with Crippen LogP contribution in [0.15, 0.2) is 48.5 Å². The van der Waals surface area contributed by atoms with Gasteiger partial charge in [0.25, 0.3) is 11.8 Å². The molecule has 9 heteroatoms. The van der Waals surface area contributed by atoms with Crippen LogP contribution in [0.3, 0.4) is 0 Å². The molecule has 1 heterocycles. The number of hydrogen-bond donors (Lipinski definition) is 3. The van der Waals surface area contributed by atoms with Gasteiger partial charge in [-0.05, 0) is 48.2 Å². The Morgan fingerprint density at radius 3 is 2.50 bits per heavy atom. The van der Waals surface area contributed by atoms with Crippen LogP contribution in [0, 0.1) is 24.0 Å². The summed E-state index contributed by atoms with van der Waals surface area (Å²) in [5.41, 5.74) is 8.38. The maximum Gasteiger partial charge on any atom is 0.344 e. The van der Waals surface area contributed by atoms with Gasteiger partial charge in [-0.3, -0.25) is 5.41 Å². The minimum absolute atomic E-state index is 0.0601.